The lowest BCUT2D eigenvalue weighted by Gasteiger charge is -2.13. The first-order valence-electron chi connectivity index (χ1n) is 5.63. The number of hydrogen-bond donors (Lipinski definition) is 1. The molecular formula is C12H9Cl2F3N2O2. The maximum Gasteiger partial charge on any atom is 0.573 e. The number of alkyl halides is 3. The van der Waals surface area contributed by atoms with Crippen molar-refractivity contribution in [2.45, 2.75) is 19.9 Å². The molecule has 2 aromatic rings. The smallest absolute Gasteiger partial charge is 0.406 e. The largest absolute Gasteiger partial charge is 0.573 e. The predicted octanol–water partition coefficient (Wildman–Crippen LogP) is 3.88. The molecule has 0 unspecified atom stereocenters. The lowest BCUT2D eigenvalue weighted by atomic mass is 10.3. The molecule has 0 bridgehead atoms. The highest BCUT2D eigenvalue weighted by atomic mass is 35.5. The van der Waals surface area contributed by atoms with Crippen LogP contribution in [-0.2, 0) is 6.61 Å². The van der Waals surface area contributed by atoms with Gasteiger partial charge in [0.25, 0.3) is 0 Å². The molecule has 0 amide bonds. The van der Waals surface area contributed by atoms with E-state index in [1.807, 2.05) is 0 Å². The van der Waals surface area contributed by atoms with Crippen LogP contribution >= 0.6 is 23.2 Å². The molecule has 0 aliphatic rings. The van der Waals surface area contributed by atoms with Crippen LogP contribution in [0.15, 0.2) is 18.2 Å². The molecular weight excluding hydrogens is 332 g/mol. The van der Waals surface area contributed by atoms with Gasteiger partial charge in [-0.3, -0.25) is 0 Å². The van der Waals surface area contributed by atoms with E-state index < -0.39 is 12.1 Å². The Hall–Kier alpha value is -1.44. The number of benzene rings is 1. The fraction of sp³-hybridized carbons (Fsp3) is 0.250. The van der Waals surface area contributed by atoms with E-state index in [9.17, 15) is 13.2 Å². The Morgan fingerprint density at radius 3 is 2.24 bits per heavy atom. The van der Waals surface area contributed by atoms with E-state index >= 15 is 0 Å². The van der Waals surface area contributed by atoms with Gasteiger partial charge in [-0.15, -0.1) is 13.2 Å². The molecule has 1 aromatic heterocycles. The van der Waals surface area contributed by atoms with Gasteiger partial charge in [0.15, 0.2) is 0 Å². The Kier molecular flexibility index (Phi) is 4.36. The molecule has 0 fully saturated rings. The lowest BCUT2D eigenvalue weighted by Crippen LogP contribution is -2.17. The summed E-state index contributed by atoms with van der Waals surface area (Å²) < 4.78 is 41.7. The number of rotatable bonds is 3. The highest BCUT2D eigenvalue weighted by Crippen LogP contribution is 2.35. The predicted molar refractivity (Wildman–Crippen MR) is 70.9 cm³/mol. The second kappa shape index (κ2) is 5.75. The number of aromatic nitrogens is 2. The summed E-state index contributed by atoms with van der Waals surface area (Å²) >= 11 is 11.9. The van der Waals surface area contributed by atoms with Gasteiger partial charge in [0.2, 0.25) is 0 Å². The van der Waals surface area contributed by atoms with Gasteiger partial charge in [-0.1, -0.05) is 23.2 Å². The molecule has 1 aromatic carbocycles. The van der Waals surface area contributed by atoms with E-state index in [2.05, 4.69) is 9.84 Å². The average Bonchev–Trinajstić information content (AvgIpc) is 2.68. The van der Waals surface area contributed by atoms with Gasteiger partial charge in [0, 0.05) is 17.8 Å². The van der Waals surface area contributed by atoms with Crippen LogP contribution in [0.25, 0.3) is 5.69 Å². The van der Waals surface area contributed by atoms with Crippen LogP contribution in [0, 0.1) is 6.92 Å². The Bertz CT molecular complexity index is 648. The first kappa shape index (κ1) is 15.9. The molecule has 4 nitrogen and oxygen atoms in total. The Labute approximate surface area is 127 Å². The molecule has 21 heavy (non-hydrogen) atoms. The second-order valence-corrected chi connectivity index (χ2v) is 4.94. The summed E-state index contributed by atoms with van der Waals surface area (Å²) in [5.74, 6) is -0.520. The van der Waals surface area contributed by atoms with Crippen LogP contribution in [0.4, 0.5) is 13.2 Å². The normalized spacial score (nSPS) is 11.8. The van der Waals surface area contributed by atoms with Crippen molar-refractivity contribution in [1.29, 1.82) is 0 Å². The first-order valence-corrected chi connectivity index (χ1v) is 6.38. The molecule has 0 aliphatic carbocycles. The van der Waals surface area contributed by atoms with Crippen LogP contribution < -0.4 is 4.74 Å². The minimum Gasteiger partial charge on any atom is -0.406 e. The monoisotopic (exact) mass is 340 g/mol. The standard InChI is InChI=1S/C12H9Cl2F3N2O2/c1-6-2-7(5-20)18-19(6)11-9(13)3-8(4-10(11)14)21-12(15,16)17/h2-4,20H,5H2,1H3. The molecule has 0 aliphatic heterocycles. The number of nitrogens with zero attached hydrogens (tertiary/aromatic N) is 2. The van der Waals surface area contributed by atoms with Crippen molar-refractivity contribution < 1.29 is 23.0 Å². The number of ether oxygens (including phenoxy) is 1. The van der Waals surface area contributed by atoms with Gasteiger partial charge in [0.05, 0.1) is 22.3 Å². The van der Waals surface area contributed by atoms with Crippen molar-refractivity contribution in [2.75, 3.05) is 0 Å². The summed E-state index contributed by atoms with van der Waals surface area (Å²) in [6.07, 6.45) is -4.83. The van der Waals surface area contributed by atoms with Gasteiger partial charge < -0.3 is 9.84 Å². The summed E-state index contributed by atoms with van der Waals surface area (Å²) in [4.78, 5) is 0. The van der Waals surface area contributed by atoms with Crippen molar-refractivity contribution in [3.8, 4) is 11.4 Å². The van der Waals surface area contributed by atoms with Gasteiger partial charge in [0.1, 0.15) is 11.4 Å². The molecule has 0 radical (unpaired) electrons. The molecule has 0 spiro atoms. The van der Waals surface area contributed by atoms with E-state index in [1.54, 1.807) is 13.0 Å². The maximum absolute atomic E-state index is 12.2. The van der Waals surface area contributed by atoms with Crippen LogP contribution in [0.3, 0.4) is 0 Å². The van der Waals surface area contributed by atoms with Crippen LogP contribution in [0.5, 0.6) is 5.75 Å². The minimum absolute atomic E-state index is 0.0579. The number of aryl methyl sites for hydroxylation is 1. The summed E-state index contributed by atoms with van der Waals surface area (Å²) in [6.45, 7) is 1.41. The molecule has 0 atom stereocenters. The molecule has 0 saturated heterocycles. The van der Waals surface area contributed by atoms with Crippen LogP contribution in [-0.4, -0.2) is 21.2 Å². The Morgan fingerprint density at radius 1 is 1.24 bits per heavy atom. The van der Waals surface area contributed by atoms with E-state index in [-0.39, 0.29) is 22.3 Å². The summed E-state index contributed by atoms with van der Waals surface area (Å²) in [7, 11) is 0. The van der Waals surface area contributed by atoms with Crippen molar-refractivity contribution in [2.24, 2.45) is 0 Å². The Balaban J connectivity index is 2.48. The van der Waals surface area contributed by atoms with Crippen molar-refractivity contribution in [3.05, 3.63) is 39.6 Å². The number of aliphatic hydroxyl groups is 1. The van der Waals surface area contributed by atoms with Gasteiger partial charge >= 0.3 is 6.36 Å². The van der Waals surface area contributed by atoms with E-state index in [0.29, 0.717) is 11.4 Å². The SMILES string of the molecule is Cc1cc(CO)nn1-c1c(Cl)cc(OC(F)(F)F)cc1Cl. The van der Waals surface area contributed by atoms with Crippen LogP contribution in [0.1, 0.15) is 11.4 Å². The zero-order valence-corrected chi connectivity index (χ0v) is 12.1. The topological polar surface area (TPSA) is 47.3 Å². The van der Waals surface area contributed by atoms with Crippen molar-refractivity contribution in [3.63, 3.8) is 0 Å². The van der Waals surface area contributed by atoms with Crippen molar-refractivity contribution >= 4 is 23.2 Å². The van der Waals surface area contributed by atoms with E-state index in [4.69, 9.17) is 28.3 Å². The highest BCUT2D eigenvalue weighted by molar-refractivity contribution is 6.38. The number of halogens is 5. The van der Waals surface area contributed by atoms with Gasteiger partial charge in [-0.05, 0) is 13.0 Å². The van der Waals surface area contributed by atoms with E-state index in [1.165, 1.54) is 4.68 Å². The first-order chi connectivity index (χ1) is 9.71. The molecule has 1 heterocycles. The average molecular weight is 341 g/mol. The summed E-state index contributed by atoms with van der Waals surface area (Å²) in [6, 6.07) is 3.60. The fourth-order valence-electron chi connectivity index (χ4n) is 1.78. The van der Waals surface area contributed by atoms with E-state index in [0.717, 1.165) is 12.1 Å². The number of hydrogen-bond acceptors (Lipinski definition) is 3. The Morgan fingerprint density at radius 2 is 1.81 bits per heavy atom. The number of aliphatic hydroxyl groups excluding tert-OH is 1. The lowest BCUT2D eigenvalue weighted by molar-refractivity contribution is -0.274. The highest BCUT2D eigenvalue weighted by Gasteiger charge is 2.31. The minimum atomic E-state index is -4.83. The van der Waals surface area contributed by atoms with Crippen LogP contribution in [0.2, 0.25) is 10.0 Å². The zero-order chi connectivity index (χ0) is 15.8. The second-order valence-electron chi connectivity index (χ2n) is 4.13. The molecule has 0 saturated carbocycles. The molecule has 114 valence electrons. The third-order valence-electron chi connectivity index (χ3n) is 2.54. The molecule has 9 heteroatoms. The fourth-order valence-corrected chi connectivity index (χ4v) is 2.41. The molecule has 1 N–H and O–H groups in total. The zero-order valence-electron chi connectivity index (χ0n) is 10.6. The summed E-state index contributed by atoms with van der Waals surface area (Å²) in [5, 5.41) is 13.0. The molecule has 2 rings (SSSR count). The third-order valence-corrected chi connectivity index (χ3v) is 3.11. The third kappa shape index (κ3) is 3.61. The van der Waals surface area contributed by atoms with Gasteiger partial charge in [-0.25, -0.2) is 4.68 Å². The summed E-state index contributed by atoms with van der Waals surface area (Å²) in [5.41, 5.74) is 1.22. The van der Waals surface area contributed by atoms with Gasteiger partial charge in [-0.2, -0.15) is 5.10 Å². The quantitative estimate of drug-likeness (QED) is 0.922. The maximum atomic E-state index is 12.2. The van der Waals surface area contributed by atoms with Crippen molar-refractivity contribution in [1.82, 2.24) is 9.78 Å².